The summed E-state index contributed by atoms with van der Waals surface area (Å²) in [7, 11) is -3.23. The Morgan fingerprint density at radius 3 is 2.45 bits per heavy atom. The lowest BCUT2D eigenvalue weighted by atomic mass is 10.1. The highest BCUT2D eigenvalue weighted by Crippen LogP contribution is 2.15. The minimum atomic E-state index is -3.23. The van der Waals surface area contributed by atoms with E-state index in [4.69, 9.17) is 11.6 Å². The van der Waals surface area contributed by atoms with E-state index in [9.17, 15) is 18.0 Å². The highest BCUT2D eigenvalue weighted by atomic mass is 35.5. The molecule has 0 saturated heterocycles. The van der Waals surface area contributed by atoms with Crippen molar-refractivity contribution in [1.82, 2.24) is 10.6 Å². The molecule has 0 aliphatic heterocycles. The maximum absolute atomic E-state index is 12.2. The summed E-state index contributed by atoms with van der Waals surface area (Å²) in [4.78, 5) is 24.1. The molecule has 0 bridgehead atoms. The fraction of sp³-hybridized carbons (Fsp3) is 0.429. The Morgan fingerprint density at radius 1 is 1.27 bits per heavy atom. The largest absolute Gasteiger partial charge is 0.355 e. The molecule has 1 rings (SSSR count). The summed E-state index contributed by atoms with van der Waals surface area (Å²) in [5.41, 5.74) is 0.234. The molecule has 0 aromatic heterocycles. The normalized spacial score (nSPS) is 12.5. The van der Waals surface area contributed by atoms with Gasteiger partial charge in [-0.15, -0.1) is 0 Å². The Bertz CT molecular complexity index is 646. The summed E-state index contributed by atoms with van der Waals surface area (Å²) in [6.07, 6.45) is 1.08. The number of amides is 2. The molecule has 0 aliphatic carbocycles. The summed E-state index contributed by atoms with van der Waals surface area (Å²) in [6, 6.07) is 5.50. The second kappa shape index (κ2) is 8.14. The molecule has 2 N–H and O–H groups in total. The first-order chi connectivity index (χ1) is 10.2. The summed E-state index contributed by atoms with van der Waals surface area (Å²) in [5, 5.41) is 5.37. The average molecular weight is 347 g/mol. The standard InChI is InChI=1S/C14H19ClN2O4S/c1-3-16-14(19)12(8-9-22(2,20)21)17-13(18)10-6-4-5-7-11(10)15/h4-7,12H,3,8-9H2,1-2H3,(H,16,19)(H,17,18)/t12-/m1/s1. The van der Waals surface area contributed by atoms with Crippen molar-refractivity contribution in [2.45, 2.75) is 19.4 Å². The van der Waals surface area contributed by atoms with Crippen LogP contribution in [0.1, 0.15) is 23.7 Å². The van der Waals surface area contributed by atoms with Gasteiger partial charge in [-0.25, -0.2) is 8.42 Å². The van der Waals surface area contributed by atoms with Crippen molar-refractivity contribution >= 4 is 33.3 Å². The lowest BCUT2D eigenvalue weighted by Gasteiger charge is -2.18. The van der Waals surface area contributed by atoms with Crippen LogP contribution in [-0.2, 0) is 14.6 Å². The third-order valence-electron chi connectivity index (χ3n) is 2.87. The van der Waals surface area contributed by atoms with Crippen molar-refractivity contribution in [2.24, 2.45) is 0 Å². The van der Waals surface area contributed by atoms with Gasteiger partial charge in [0.15, 0.2) is 0 Å². The van der Waals surface area contributed by atoms with Gasteiger partial charge in [-0.05, 0) is 25.5 Å². The lowest BCUT2D eigenvalue weighted by molar-refractivity contribution is -0.122. The molecule has 122 valence electrons. The van der Waals surface area contributed by atoms with Crippen molar-refractivity contribution in [2.75, 3.05) is 18.6 Å². The van der Waals surface area contributed by atoms with E-state index in [1.807, 2.05) is 0 Å². The predicted octanol–water partition coefficient (Wildman–Crippen LogP) is 1.01. The molecule has 0 aliphatic rings. The Balaban J connectivity index is 2.85. The third-order valence-corrected chi connectivity index (χ3v) is 4.18. The number of benzene rings is 1. The Kier molecular flexibility index (Phi) is 6.83. The average Bonchev–Trinajstić information content (AvgIpc) is 2.42. The number of likely N-dealkylation sites (N-methyl/N-ethyl adjacent to an activating group) is 1. The van der Waals surface area contributed by atoms with Gasteiger partial charge in [0.05, 0.1) is 16.3 Å². The number of hydrogen-bond donors (Lipinski definition) is 2. The van der Waals surface area contributed by atoms with Gasteiger partial charge in [0.25, 0.3) is 5.91 Å². The van der Waals surface area contributed by atoms with Crippen LogP contribution in [0.3, 0.4) is 0 Å². The van der Waals surface area contributed by atoms with Gasteiger partial charge in [-0.1, -0.05) is 23.7 Å². The first kappa shape index (κ1) is 18.4. The lowest BCUT2D eigenvalue weighted by Crippen LogP contribution is -2.47. The van der Waals surface area contributed by atoms with Crippen LogP contribution in [-0.4, -0.2) is 44.8 Å². The monoisotopic (exact) mass is 346 g/mol. The zero-order valence-electron chi connectivity index (χ0n) is 12.4. The van der Waals surface area contributed by atoms with Crippen LogP contribution in [0.25, 0.3) is 0 Å². The molecule has 0 saturated carbocycles. The molecule has 0 unspecified atom stereocenters. The van der Waals surface area contributed by atoms with Gasteiger partial charge in [-0.3, -0.25) is 9.59 Å². The third kappa shape index (κ3) is 6.03. The number of carbonyl (C=O) groups excluding carboxylic acids is 2. The molecule has 0 radical (unpaired) electrons. The molecule has 1 atom stereocenters. The zero-order chi connectivity index (χ0) is 16.8. The van der Waals surface area contributed by atoms with Crippen molar-refractivity contribution in [3.63, 3.8) is 0 Å². The van der Waals surface area contributed by atoms with E-state index in [0.29, 0.717) is 6.54 Å². The van der Waals surface area contributed by atoms with Crippen molar-refractivity contribution in [3.05, 3.63) is 34.9 Å². The van der Waals surface area contributed by atoms with Gasteiger partial charge < -0.3 is 10.6 Å². The summed E-state index contributed by atoms with van der Waals surface area (Å²) in [6.45, 7) is 2.12. The number of sulfone groups is 1. The number of nitrogens with one attached hydrogen (secondary N) is 2. The predicted molar refractivity (Wildman–Crippen MR) is 85.7 cm³/mol. The number of halogens is 1. The quantitative estimate of drug-likeness (QED) is 0.770. The topological polar surface area (TPSA) is 92.3 Å². The fourth-order valence-corrected chi connectivity index (χ4v) is 2.66. The highest BCUT2D eigenvalue weighted by molar-refractivity contribution is 7.90. The molecule has 0 fully saturated rings. The van der Waals surface area contributed by atoms with E-state index in [1.165, 1.54) is 6.07 Å². The van der Waals surface area contributed by atoms with Gasteiger partial charge >= 0.3 is 0 Å². The van der Waals surface area contributed by atoms with Crippen LogP contribution in [0.4, 0.5) is 0 Å². The van der Waals surface area contributed by atoms with Crippen molar-refractivity contribution in [1.29, 1.82) is 0 Å². The van der Waals surface area contributed by atoms with E-state index >= 15 is 0 Å². The fourth-order valence-electron chi connectivity index (χ4n) is 1.78. The van der Waals surface area contributed by atoms with Gasteiger partial charge in [0.2, 0.25) is 5.91 Å². The first-order valence-electron chi connectivity index (χ1n) is 6.75. The van der Waals surface area contributed by atoms with Crippen LogP contribution in [0, 0.1) is 0 Å². The summed E-state index contributed by atoms with van der Waals surface area (Å²) >= 11 is 5.94. The van der Waals surface area contributed by atoms with E-state index in [0.717, 1.165) is 6.26 Å². The van der Waals surface area contributed by atoms with Gasteiger partial charge in [0, 0.05) is 12.8 Å². The molecule has 2 amide bonds. The molecular formula is C14H19ClN2O4S. The van der Waals surface area contributed by atoms with E-state index in [2.05, 4.69) is 10.6 Å². The second-order valence-corrected chi connectivity index (χ2v) is 7.49. The molecule has 22 heavy (non-hydrogen) atoms. The minimum absolute atomic E-state index is 0.000852. The van der Waals surface area contributed by atoms with Gasteiger partial charge in [0.1, 0.15) is 15.9 Å². The summed E-state index contributed by atoms with van der Waals surface area (Å²) < 4.78 is 22.5. The van der Waals surface area contributed by atoms with Crippen molar-refractivity contribution in [3.8, 4) is 0 Å². The Labute approximate surface area is 135 Å². The van der Waals surface area contributed by atoms with Crippen LogP contribution >= 0.6 is 11.6 Å². The van der Waals surface area contributed by atoms with E-state index in [-0.39, 0.29) is 22.8 Å². The molecule has 1 aromatic rings. The van der Waals surface area contributed by atoms with E-state index in [1.54, 1.807) is 25.1 Å². The second-order valence-electron chi connectivity index (χ2n) is 4.82. The van der Waals surface area contributed by atoms with Crippen molar-refractivity contribution < 1.29 is 18.0 Å². The highest BCUT2D eigenvalue weighted by Gasteiger charge is 2.23. The SMILES string of the molecule is CCNC(=O)[C@@H](CCS(C)(=O)=O)NC(=O)c1ccccc1Cl. The van der Waals surface area contributed by atoms with Crippen LogP contribution in [0.15, 0.2) is 24.3 Å². The zero-order valence-corrected chi connectivity index (χ0v) is 14.0. The maximum Gasteiger partial charge on any atom is 0.253 e. The molecule has 1 aromatic carbocycles. The van der Waals surface area contributed by atoms with E-state index < -0.39 is 27.7 Å². The molecule has 0 spiro atoms. The van der Waals surface area contributed by atoms with Crippen LogP contribution < -0.4 is 10.6 Å². The molecule has 0 heterocycles. The molecule has 6 nitrogen and oxygen atoms in total. The van der Waals surface area contributed by atoms with Crippen LogP contribution in [0.5, 0.6) is 0 Å². The summed E-state index contributed by atoms with van der Waals surface area (Å²) in [5.74, 6) is -1.14. The van der Waals surface area contributed by atoms with Crippen LogP contribution in [0.2, 0.25) is 5.02 Å². The molecule has 8 heteroatoms. The number of carbonyl (C=O) groups is 2. The number of rotatable bonds is 7. The van der Waals surface area contributed by atoms with Gasteiger partial charge in [-0.2, -0.15) is 0 Å². The number of hydrogen-bond acceptors (Lipinski definition) is 4. The Hall–Kier alpha value is -1.60. The maximum atomic E-state index is 12.2. The molecular weight excluding hydrogens is 328 g/mol. The Morgan fingerprint density at radius 2 is 1.91 bits per heavy atom. The first-order valence-corrected chi connectivity index (χ1v) is 9.19. The smallest absolute Gasteiger partial charge is 0.253 e. The minimum Gasteiger partial charge on any atom is -0.355 e.